The minimum Gasteiger partial charge on any atom is -0.378 e. The number of thiophene rings is 1. The van der Waals surface area contributed by atoms with Crippen LogP contribution in [0, 0.1) is 0 Å². The first-order valence-corrected chi connectivity index (χ1v) is 10.1. The van der Waals surface area contributed by atoms with Crippen molar-refractivity contribution in [1.29, 1.82) is 0 Å². The van der Waals surface area contributed by atoms with Crippen LogP contribution in [-0.2, 0) is 14.3 Å². The molecule has 1 aromatic rings. The van der Waals surface area contributed by atoms with Crippen LogP contribution in [0.3, 0.4) is 0 Å². The van der Waals surface area contributed by atoms with E-state index in [0.717, 1.165) is 19.4 Å². The average molecular weight is 354 g/mol. The summed E-state index contributed by atoms with van der Waals surface area (Å²) in [5, 5.41) is 2.06. The lowest BCUT2D eigenvalue weighted by molar-refractivity contribution is -0.132. The third kappa shape index (κ3) is 4.28. The molecule has 0 bridgehead atoms. The van der Waals surface area contributed by atoms with E-state index in [4.69, 9.17) is 4.74 Å². The normalized spacial score (nSPS) is 21.7. The van der Waals surface area contributed by atoms with Crippen molar-refractivity contribution < 1.29 is 14.3 Å². The van der Waals surface area contributed by atoms with E-state index in [2.05, 4.69) is 11.4 Å². The maximum atomic E-state index is 12.5. The van der Waals surface area contributed by atoms with Crippen LogP contribution in [0.1, 0.15) is 23.8 Å². The third-order valence-corrected chi connectivity index (χ3v) is 6.14. The molecule has 0 aliphatic carbocycles. The summed E-state index contributed by atoms with van der Waals surface area (Å²) >= 11 is 3.14. The molecule has 3 heterocycles. The standard InChI is InChI=1S/C16H22N2O3S2/c19-15(17-6-8-21-9-7-17)11-22-12-16(20)18-5-1-3-13(18)14-4-2-10-23-14/h2,4,10,13H,1,3,5-9,11-12H2. The van der Waals surface area contributed by atoms with E-state index in [1.165, 1.54) is 16.6 Å². The number of nitrogens with zero attached hydrogens (tertiary/aromatic N) is 2. The smallest absolute Gasteiger partial charge is 0.233 e. The maximum absolute atomic E-state index is 12.5. The highest BCUT2D eigenvalue weighted by atomic mass is 32.2. The van der Waals surface area contributed by atoms with Gasteiger partial charge in [-0.3, -0.25) is 9.59 Å². The van der Waals surface area contributed by atoms with Crippen molar-refractivity contribution in [3.63, 3.8) is 0 Å². The zero-order valence-corrected chi connectivity index (χ0v) is 14.7. The van der Waals surface area contributed by atoms with E-state index in [-0.39, 0.29) is 17.9 Å². The molecule has 5 nitrogen and oxygen atoms in total. The van der Waals surface area contributed by atoms with Gasteiger partial charge >= 0.3 is 0 Å². The van der Waals surface area contributed by atoms with Crippen molar-refractivity contribution in [1.82, 2.24) is 9.80 Å². The van der Waals surface area contributed by atoms with Gasteiger partial charge in [-0.15, -0.1) is 23.1 Å². The number of carbonyl (C=O) groups excluding carboxylic acids is 2. The molecule has 0 spiro atoms. The fourth-order valence-corrected chi connectivity index (χ4v) is 4.73. The molecule has 2 aliphatic rings. The summed E-state index contributed by atoms with van der Waals surface area (Å²) in [7, 11) is 0. The number of carbonyl (C=O) groups is 2. The molecule has 0 aromatic carbocycles. The van der Waals surface area contributed by atoms with Crippen LogP contribution in [-0.4, -0.2) is 66.0 Å². The first kappa shape index (κ1) is 16.8. The molecule has 2 amide bonds. The summed E-state index contributed by atoms with van der Waals surface area (Å²) < 4.78 is 5.25. The fraction of sp³-hybridized carbons (Fsp3) is 0.625. The van der Waals surface area contributed by atoms with Gasteiger partial charge in [0, 0.05) is 24.5 Å². The molecule has 3 rings (SSSR count). The van der Waals surface area contributed by atoms with Crippen molar-refractivity contribution in [2.45, 2.75) is 18.9 Å². The molecular formula is C16H22N2O3S2. The quantitative estimate of drug-likeness (QED) is 0.812. The van der Waals surface area contributed by atoms with Gasteiger partial charge in [0.2, 0.25) is 11.8 Å². The van der Waals surface area contributed by atoms with Crippen molar-refractivity contribution in [2.24, 2.45) is 0 Å². The van der Waals surface area contributed by atoms with E-state index in [1.807, 2.05) is 15.9 Å². The lowest BCUT2D eigenvalue weighted by atomic mass is 10.2. The first-order valence-electron chi connectivity index (χ1n) is 8.02. The van der Waals surface area contributed by atoms with Crippen LogP contribution in [0.4, 0.5) is 0 Å². The van der Waals surface area contributed by atoms with Gasteiger partial charge in [0.15, 0.2) is 0 Å². The Hall–Kier alpha value is -1.05. The van der Waals surface area contributed by atoms with Gasteiger partial charge in [-0.05, 0) is 24.3 Å². The van der Waals surface area contributed by atoms with Gasteiger partial charge < -0.3 is 14.5 Å². The second-order valence-corrected chi connectivity index (χ2v) is 7.71. The zero-order valence-electron chi connectivity index (χ0n) is 13.1. The molecule has 1 atom stereocenters. The highest BCUT2D eigenvalue weighted by molar-refractivity contribution is 8.00. The lowest BCUT2D eigenvalue weighted by Crippen LogP contribution is -2.41. The number of likely N-dealkylation sites (tertiary alicyclic amines) is 1. The molecule has 7 heteroatoms. The topological polar surface area (TPSA) is 49.9 Å². The van der Waals surface area contributed by atoms with Crippen molar-refractivity contribution in [3.05, 3.63) is 22.4 Å². The second-order valence-electron chi connectivity index (χ2n) is 5.75. The van der Waals surface area contributed by atoms with E-state index in [9.17, 15) is 9.59 Å². The van der Waals surface area contributed by atoms with Crippen LogP contribution in [0.15, 0.2) is 17.5 Å². The summed E-state index contributed by atoms with van der Waals surface area (Å²) in [6.07, 6.45) is 2.11. The summed E-state index contributed by atoms with van der Waals surface area (Å²) in [6.45, 7) is 3.40. The van der Waals surface area contributed by atoms with Crippen LogP contribution in [0.5, 0.6) is 0 Å². The van der Waals surface area contributed by atoms with Gasteiger partial charge in [-0.1, -0.05) is 6.07 Å². The van der Waals surface area contributed by atoms with Crippen LogP contribution in [0.2, 0.25) is 0 Å². The molecule has 2 saturated heterocycles. The summed E-state index contributed by atoms with van der Waals surface area (Å²) in [6, 6.07) is 4.38. The number of thioether (sulfide) groups is 1. The maximum Gasteiger partial charge on any atom is 0.233 e. The monoisotopic (exact) mass is 354 g/mol. The fourth-order valence-electron chi connectivity index (χ4n) is 3.05. The van der Waals surface area contributed by atoms with Gasteiger partial charge in [-0.2, -0.15) is 0 Å². The van der Waals surface area contributed by atoms with Gasteiger partial charge in [0.05, 0.1) is 30.8 Å². The third-order valence-electron chi connectivity index (χ3n) is 4.26. The Labute approximate surface area is 145 Å². The van der Waals surface area contributed by atoms with Crippen molar-refractivity contribution in [2.75, 3.05) is 44.4 Å². The number of ether oxygens (including phenoxy) is 1. The predicted octanol–water partition coefficient (Wildman–Crippen LogP) is 2.00. The number of rotatable bonds is 5. The van der Waals surface area contributed by atoms with Crippen molar-refractivity contribution >= 4 is 34.9 Å². The molecule has 2 aliphatic heterocycles. The predicted molar refractivity (Wildman–Crippen MR) is 92.7 cm³/mol. The summed E-state index contributed by atoms with van der Waals surface area (Å²) in [4.78, 5) is 29.6. The van der Waals surface area contributed by atoms with Gasteiger partial charge in [0.25, 0.3) is 0 Å². The van der Waals surface area contributed by atoms with E-state index in [0.29, 0.717) is 37.8 Å². The van der Waals surface area contributed by atoms with Gasteiger partial charge in [0.1, 0.15) is 0 Å². The SMILES string of the molecule is O=C(CSCC(=O)N1CCCC1c1cccs1)N1CCOCC1. The Bertz CT molecular complexity index is 529. The average Bonchev–Trinajstić information content (AvgIpc) is 3.26. The Morgan fingerprint density at radius 2 is 2.00 bits per heavy atom. The number of hydrogen-bond donors (Lipinski definition) is 0. The molecule has 0 saturated carbocycles. The second kappa shape index (κ2) is 8.17. The van der Waals surface area contributed by atoms with Crippen LogP contribution >= 0.6 is 23.1 Å². The zero-order chi connectivity index (χ0) is 16.1. The minimum atomic E-state index is 0.113. The molecule has 126 valence electrons. The van der Waals surface area contributed by atoms with E-state index in [1.54, 1.807) is 11.3 Å². The molecule has 1 aromatic heterocycles. The van der Waals surface area contributed by atoms with E-state index >= 15 is 0 Å². The summed E-state index contributed by atoms with van der Waals surface area (Å²) in [5.41, 5.74) is 0. The molecule has 0 N–H and O–H groups in total. The molecule has 0 radical (unpaired) electrons. The minimum absolute atomic E-state index is 0.113. The summed E-state index contributed by atoms with van der Waals surface area (Å²) in [5.74, 6) is 1.03. The largest absolute Gasteiger partial charge is 0.378 e. The Kier molecular flexibility index (Phi) is 5.96. The Balaban J connectivity index is 1.44. The molecule has 23 heavy (non-hydrogen) atoms. The lowest BCUT2D eigenvalue weighted by Gasteiger charge is -2.27. The number of morpholine rings is 1. The Morgan fingerprint density at radius 1 is 1.22 bits per heavy atom. The number of hydrogen-bond acceptors (Lipinski definition) is 5. The van der Waals surface area contributed by atoms with Crippen LogP contribution < -0.4 is 0 Å². The van der Waals surface area contributed by atoms with Crippen LogP contribution in [0.25, 0.3) is 0 Å². The highest BCUT2D eigenvalue weighted by Gasteiger charge is 2.30. The molecule has 2 fully saturated rings. The Morgan fingerprint density at radius 3 is 2.74 bits per heavy atom. The van der Waals surface area contributed by atoms with Gasteiger partial charge in [-0.25, -0.2) is 0 Å². The molecule has 1 unspecified atom stereocenters. The number of amides is 2. The highest BCUT2D eigenvalue weighted by Crippen LogP contribution is 2.34. The first-order chi connectivity index (χ1) is 11.3. The molecular weight excluding hydrogens is 332 g/mol. The van der Waals surface area contributed by atoms with Crippen molar-refractivity contribution in [3.8, 4) is 0 Å². The van der Waals surface area contributed by atoms with E-state index < -0.39 is 0 Å².